The Bertz CT molecular complexity index is 810. The van der Waals surface area contributed by atoms with E-state index in [0.717, 1.165) is 24.2 Å². The van der Waals surface area contributed by atoms with Crippen molar-refractivity contribution in [2.75, 3.05) is 11.5 Å². The molecule has 0 radical (unpaired) electrons. The van der Waals surface area contributed by atoms with Gasteiger partial charge >= 0.3 is 0 Å². The van der Waals surface area contributed by atoms with Gasteiger partial charge in [-0.3, -0.25) is 4.98 Å². The van der Waals surface area contributed by atoms with Gasteiger partial charge in [0.15, 0.2) is 15.7 Å². The summed E-state index contributed by atoms with van der Waals surface area (Å²) < 4.78 is 25.9. The zero-order valence-corrected chi connectivity index (χ0v) is 14.5. The maximum Gasteiger partial charge on any atom is 0.181 e. The van der Waals surface area contributed by atoms with Crippen molar-refractivity contribution in [1.82, 2.24) is 19.7 Å². The first-order valence-electron chi connectivity index (χ1n) is 8.70. The molecule has 128 valence electrons. The van der Waals surface area contributed by atoms with E-state index < -0.39 is 9.84 Å². The third kappa shape index (κ3) is 3.09. The van der Waals surface area contributed by atoms with Crippen LogP contribution in [0.1, 0.15) is 56.3 Å². The predicted molar refractivity (Wildman–Crippen MR) is 91.4 cm³/mol. The van der Waals surface area contributed by atoms with Gasteiger partial charge in [-0.15, -0.1) is 0 Å². The van der Waals surface area contributed by atoms with Gasteiger partial charge in [0.05, 0.1) is 17.5 Å². The Balaban J connectivity index is 1.74. The van der Waals surface area contributed by atoms with Crippen LogP contribution in [0.5, 0.6) is 0 Å². The largest absolute Gasteiger partial charge is 0.265 e. The van der Waals surface area contributed by atoms with Gasteiger partial charge in [-0.1, -0.05) is 19.3 Å². The minimum absolute atomic E-state index is 0.0278. The first-order chi connectivity index (χ1) is 11.6. The van der Waals surface area contributed by atoms with Crippen LogP contribution in [0.3, 0.4) is 0 Å². The van der Waals surface area contributed by atoms with Gasteiger partial charge in [0, 0.05) is 23.9 Å². The number of nitrogens with zero attached hydrogens (tertiary/aromatic N) is 4. The molecule has 0 spiro atoms. The summed E-state index contributed by atoms with van der Waals surface area (Å²) >= 11 is 0. The molecule has 2 fully saturated rings. The van der Waals surface area contributed by atoms with Crippen LogP contribution >= 0.6 is 0 Å². The van der Waals surface area contributed by atoms with Crippen molar-refractivity contribution in [1.29, 1.82) is 0 Å². The Kier molecular flexibility index (Phi) is 4.12. The van der Waals surface area contributed by atoms with Crippen molar-refractivity contribution in [2.45, 2.75) is 50.5 Å². The molecular weight excluding hydrogens is 324 g/mol. The third-order valence-corrected chi connectivity index (χ3v) is 6.88. The number of pyridine rings is 1. The van der Waals surface area contributed by atoms with Crippen molar-refractivity contribution in [3.8, 4) is 11.4 Å². The first kappa shape index (κ1) is 15.7. The summed E-state index contributed by atoms with van der Waals surface area (Å²) in [6, 6.07) is 4.14. The predicted octanol–water partition coefficient (Wildman–Crippen LogP) is 2.75. The lowest BCUT2D eigenvalue weighted by Crippen LogP contribution is -2.19. The van der Waals surface area contributed by atoms with Gasteiger partial charge in [0.25, 0.3) is 0 Å². The van der Waals surface area contributed by atoms with E-state index in [4.69, 9.17) is 10.1 Å². The summed E-state index contributed by atoms with van der Waals surface area (Å²) in [6.07, 6.45) is 10.0. The molecule has 6 nitrogen and oxygen atoms in total. The van der Waals surface area contributed by atoms with E-state index in [-0.39, 0.29) is 17.4 Å². The second kappa shape index (κ2) is 6.27. The molecule has 0 aromatic carbocycles. The normalized spacial score (nSPS) is 24.2. The standard InChI is InChI=1S/C17H22N4O2S/c22-24(23)11-8-14(12-24)17-19-16(13-6-9-18-10-7-13)20-21(17)15-4-2-1-3-5-15/h6-7,9-10,14-15H,1-5,8,11-12H2. The molecule has 1 aliphatic heterocycles. The number of hydrogen-bond donors (Lipinski definition) is 0. The van der Waals surface area contributed by atoms with Gasteiger partial charge in [0.2, 0.25) is 0 Å². The van der Waals surface area contributed by atoms with Crippen molar-refractivity contribution in [3.05, 3.63) is 30.4 Å². The molecule has 3 heterocycles. The number of sulfone groups is 1. The molecule has 1 saturated heterocycles. The second-order valence-electron chi connectivity index (χ2n) is 6.87. The lowest BCUT2D eigenvalue weighted by atomic mass is 9.95. The van der Waals surface area contributed by atoms with Crippen LogP contribution in [0.25, 0.3) is 11.4 Å². The zero-order valence-electron chi connectivity index (χ0n) is 13.6. The Hall–Kier alpha value is -1.76. The lowest BCUT2D eigenvalue weighted by molar-refractivity contribution is 0.317. The van der Waals surface area contributed by atoms with E-state index in [1.54, 1.807) is 12.4 Å². The number of aromatic nitrogens is 4. The highest BCUT2D eigenvalue weighted by Crippen LogP contribution is 2.35. The van der Waals surface area contributed by atoms with Crippen molar-refractivity contribution in [3.63, 3.8) is 0 Å². The molecule has 1 aliphatic carbocycles. The molecule has 1 atom stereocenters. The SMILES string of the molecule is O=S1(=O)CCC(c2nc(-c3ccncc3)nn2C2CCCCC2)C1. The molecule has 1 saturated carbocycles. The molecule has 0 amide bonds. The molecule has 2 aromatic heterocycles. The quantitative estimate of drug-likeness (QED) is 0.854. The van der Waals surface area contributed by atoms with Crippen LogP contribution in [-0.4, -0.2) is 39.7 Å². The van der Waals surface area contributed by atoms with Crippen LogP contribution in [-0.2, 0) is 9.84 Å². The van der Waals surface area contributed by atoms with Gasteiger partial charge in [-0.05, 0) is 31.4 Å². The van der Waals surface area contributed by atoms with Crippen LogP contribution in [0.4, 0.5) is 0 Å². The number of hydrogen-bond acceptors (Lipinski definition) is 5. The van der Waals surface area contributed by atoms with Crippen molar-refractivity contribution < 1.29 is 8.42 Å². The van der Waals surface area contributed by atoms with E-state index in [1.807, 2.05) is 16.8 Å². The Labute approximate surface area is 142 Å². The minimum atomic E-state index is -2.94. The average Bonchev–Trinajstić information content (AvgIpc) is 3.20. The summed E-state index contributed by atoms with van der Waals surface area (Å²) in [6.45, 7) is 0. The Morgan fingerprint density at radius 3 is 2.46 bits per heavy atom. The van der Waals surface area contributed by atoms with Crippen LogP contribution < -0.4 is 0 Å². The van der Waals surface area contributed by atoms with Gasteiger partial charge in [0.1, 0.15) is 5.82 Å². The molecule has 7 heteroatoms. The smallest absolute Gasteiger partial charge is 0.181 e. The molecule has 2 aliphatic rings. The summed E-state index contributed by atoms with van der Waals surface area (Å²) in [5, 5.41) is 4.78. The fraction of sp³-hybridized carbons (Fsp3) is 0.588. The highest BCUT2D eigenvalue weighted by molar-refractivity contribution is 7.91. The highest BCUT2D eigenvalue weighted by atomic mass is 32.2. The van der Waals surface area contributed by atoms with E-state index >= 15 is 0 Å². The van der Waals surface area contributed by atoms with Gasteiger partial charge in [-0.2, -0.15) is 5.10 Å². The summed E-state index contributed by atoms with van der Waals surface area (Å²) in [7, 11) is -2.94. The third-order valence-electron chi connectivity index (χ3n) is 5.11. The van der Waals surface area contributed by atoms with Gasteiger partial charge in [-0.25, -0.2) is 18.1 Å². The van der Waals surface area contributed by atoms with Gasteiger partial charge < -0.3 is 0 Å². The molecule has 4 rings (SSSR count). The second-order valence-corrected chi connectivity index (χ2v) is 9.09. The van der Waals surface area contributed by atoms with Crippen LogP contribution in [0.2, 0.25) is 0 Å². The molecule has 0 bridgehead atoms. The monoisotopic (exact) mass is 346 g/mol. The van der Waals surface area contributed by atoms with E-state index in [9.17, 15) is 8.42 Å². The zero-order chi connectivity index (χ0) is 16.6. The lowest BCUT2D eigenvalue weighted by Gasteiger charge is -2.24. The molecule has 2 aromatic rings. The maximum absolute atomic E-state index is 11.9. The molecule has 0 N–H and O–H groups in total. The number of rotatable bonds is 3. The van der Waals surface area contributed by atoms with Crippen molar-refractivity contribution in [2.24, 2.45) is 0 Å². The van der Waals surface area contributed by atoms with E-state index in [2.05, 4.69) is 4.98 Å². The van der Waals surface area contributed by atoms with Crippen molar-refractivity contribution >= 4 is 9.84 Å². The molecule has 24 heavy (non-hydrogen) atoms. The van der Waals surface area contributed by atoms with Crippen LogP contribution in [0, 0.1) is 0 Å². The fourth-order valence-corrected chi connectivity index (χ4v) is 5.57. The Morgan fingerprint density at radius 1 is 1.04 bits per heavy atom. The van der Waals surface area contributed by atoms with E-state index in [0.29, 0.717) is 18.3 Å². The minimum Gasteiger partial charge on any atom is -0.265 e. The fourth-order valence-electron chi connectivity index (χ4n) is 3.83. The Morgan fingerprint density at radius 2 is 1.79 bits per heavy atom. The average molecular weight is 346 g/mol. The van der Waals surface area contributed by atoms with Crippen LogP contribution in [0.15, 0.2) is 24.5 Å². The highest BCUT2D eigenvalue weighted by Gasteiger charge is 2.34. The summed E-state index contributed by atoms with van der Waals surface area (Å²) in [4.78, 5) is 8.81. The topological polar surface area (TPSA) is 77.7 Å². The molecule has 1 unspecified atom stereocenters. The first-order valence-corrected chi connectivity index (χ1v) is 10.5. The molecular formula is C17H22N4O2S. The maximum atomic E-state index is 11.9. The summed E-state index contributed by atoms with van der Waals surface area (Å²) in [5.41, 5.74) is 0.932. The van der Waals surface area contributed by atoms with E-state index in [1.165, 1.54) is 19.3 Å². The summed E-state index contributed by atoms with van der Waals surface area (Å²) in [5.74, 6) is 1.98.